The largest absolute Gasteiger partial charge is 0.327 e. The summed E-state index contributed by atoms with van der Waals surface area (Å²) < 4.78 is 25.6. The number of amides is 1. The van der Waals surface area contributed by atoms with E-state index >= 15 is 0 Å². The Bertz CT molecular complexity index is 671. The number of rotatable bonds is 4. The fourth-order valence-corrected chi connectivity index (χ4v) is 3.98. The van der Waals surface area contributed by atoms with Crippen molar-refractivity contribution in [3.05, 3.63) is 23.8 Å². The molecule has 0 aliphatic carbocycles. The van der Waals surface area contributed by atoms with Crippen LogP contribution in [0, 0.1) is 12.8 Å². The molecule has 2 atom stereocenters. The summed E-state index contributed by atoms with van der Waals surface area (Å²) in [6.07, 6.45) is 0.625. The Hall–Kier alpha value is -1.60. The van der Waals surface area contributed by atoms with Gasteiger partial charge < -0.3 is 11.1 Å². The zero-order valence-corrected chi connectivity index (χ0v) is 14.0. The van der Waals surface area contributed by atoms with Crippen molar-refractivity contribution in [2.45, 2.75) is 33.2 Å². The molecular formula is C15H23N3O3S. The summed E-state index contributed by atoms with van der Waals surface area (Å²) >= 11 is 0. The number of carbonyl (C=O) groups is 1. The Morgan fingerprint density at radius 3 is 2.59 bits per heavy atom. The van der Waals surface area contributed by atoms with Crippen LogP contribution in [-0.2, 0) is 14.8 Å². The van der Waals surface area contributed by atoms with E-state index < -0.39 is 10.0 Å². The molecule has 0 radical (unpaired) electrons. The maximum atomic E-state index is 12.1. The molecule has 0 bridgehead atoms. The number of aryl methyl sites for hydroxylation is 1. The molecule has 122 valence electrons. The normalized spacial score (nSPS) is 19.7. The van der Waals surface area contributed by atoms with Crippen LogP contribution in [0.4, 0.5) is 11.4 Å². The first-order chi connectivity index (χ1) is 10.2. The topological polar surface area (TPSA) is 92.5 Å². The van der Waals surface area contributed by atoms with Gasteiger partial charge in [-0.1, -0.05) is 13.0 Å². The van der Waals surface area contributed by atoms with Crippen LogP contribution < -0.4 is 15.4 Å². The van der Waals surface area contributed by atoms with Gasteiger partial charge in [0.05, 0.1) is 17.4 Å². The first-order valence-electron chi connectivity index (χ1n) is 7.40. The third kappa shape index (κ3) is 3.41. The second-order valence-corrected chi connectivity index (χ2v) is 7.89. The highest BCUT2D eigenvalue weighted by molar-refractivity contribution is 7.93. The van der Waals surface area contributed by atoms with Gasteiger partial charge in [-0.2, -0.15) is 0 Å². The molecular weight excluding hydrogens is 302 g/mol. The van der Waals surface area contributed by atoms with Crippen LogP contribution in [0.15, 0.2) is 18.2 Å². The van der Waals surface area contributed by atoms with Gasteiger partial charge in [-0.05, 0) is 38.0 Å². The molecule has 0 spiro atoms. The van der Waals surface area contributed by atoms with E-state index in [1.807, 2.05) is 13.0 Å². The maximum Gasteiger partial charge on any atom is 0.235 e. The molecule has 1 aliphatic rings. The van der Waals surface area contributed by atoms with Crippen molar-refractivity contribution in [2.75, 3.05) is 21.9 Å². The minimum atomic E-state index is -3.24. The van der Waals surface area contributed by atoms with Gasteiger partial charge >= 0.3 is 0 Å². The Morgan fingerprint density at radius 2 is 2.05 bits per heavy atom. The summed E-state index contributed by atoms with van der Waals surface area (Å²) in [6, 6.07) is 5.05. The smallest absolute Gasteiger partial charge is 0.235 e. The van der Waals surface area contributed by atoms with Crippen LogP contribution in [0.2, 0.25) is 0 Å². The minimum absolute atomic E-state index is 0.171. The molecule has 1 saturated heterocycles. The number of nitrogens with zero attached hydrogens (tertiary/aromatic N) is 1. The van der Waals surface area contributed by atoms with Crippen molar-refractivity contribution >= 4 is 27.3 Å². The van der Waals surface area contributed by atoms with Gasteiger partial charge in [0.1, 0.15) is 0 Å². The minimum Gasteiger partial charge on any atom is -0.327 e. The van der Waals surface area contributed by atoms with E-state index in [0.29, 0.717) is 24.3 Å². The summed E-state index contributed by atoms with van der Waals surface area (Å²) in [7, 11) is -3.24. The highest BCUT2D eigenvalue weighted by atomic mass is 32.2. The van der Waals surface area contributed by atoms with E-state index in [4.69, 9.17) is 5.73 Å². The molecule has 1 amide bonds. The first kappa shape index (κ1) is 16.8. The third-order valence-corrected chi connectivity index (χ3v) is 5.90. The lowest BCUT2D eigenvalue weighted by molar-refractivity contribution is -0.119. The molecule has 1 heterocycles. The Balaban J connectivity index is 2.26. The summed E-state index contributed by atoms with van der Waals surface area (Å²) in [4.78, 5) is 12.1. The SMILES string of the molecule is Cc1ccc(NC(=O)C(C)C(C)N)cc1N1CCCS1(=O)=O. The number of anilines is 2. The molecule has 3 N–H and O–H groups in total. The predicted molar refractivity (Wildman–Crippen MR) is 88.4 cm³/mol. The van der Waals surface area contributed by atoms with E-state index in [-0.39, 0.29) is 23.6 Å². The summed E-state index contributed by atoms with van der Waals surface area (Å²) in [5.74, 6) is -0.320. The standard InChI is InChI=1S/C15H23N3O3S/c1-10-5-6-13(17-15(19)11(2)12(3)16)9-14(10)18-7-4-8-22(18,20)21/h5-6,9,11-12H,4,7-8,16H2,1-3H3,(H,17,19). The molecule has 0 saturated carbocycles. The zero-order chi connectivity index (χ0) is 16.5. The highest BCUT2D eigenvalue weighted by Gasteiger charge is 2.29. The van der Waals surface area contributed by atoms with Crippen molar-refractivity contribution in [3.63, 3.8) is 0 Å². The van der Waals surface area contributed by atoms with Gasteiger partial charge in [-0.15, -0.1) is 0 Å². The van der Waals surface area contributed by atoms with Gasteiger partial charge in [0.2, 0.25) is 15.9 Å². The van der Waals surface area contributed by atoms with E-state index in [9.17, 15) is 13.2 Å². The lowest BCUT2D eigenvalue weighted by Crippen LogP contribution is -2.34. The number of hydrogen-bond donors (Lipinski definition) is 2. The van der Waals surface area contributed by atoms with Crippen molar-refractivity contribution in [1.29, 1.82) is 0 Å². The van der Waals surface area contributed by atoms with E-state index in [1.165, 1.54) is 4.31 Å². The fraction of sp³-hybridized carbons (Fsp3) is 0.533. The van der Waals surface area contributed by atoms with Gasteiger partial charge in [-0.25, -0.2) is 8.42 Å². The Kier molecular flexibility index (Phi) is 4.77. The number of benzene rings is 1. The van der Waals surface area contributed by atoms with Crippen LogP contribution in [0.25, 0.3) is 0 Å². The van der Waals surface area contributed by atoms with Crippen molar-refractivity contribution < 1.29 is 13.2 Å². The Labute approximate surface area is 131 Å². The van der Waals surface area contributed by atoms with Crippen LogP contribution in [0.1, 0.15) is 25.8 Å². The maximum absolute atomic E-state index is 12.1. The summed E-state index contributed by atoms with van der Waals surface area (Å²) in [5, 5.41) is 2.80. The molecule has 1 aliphatic heterocycles. The van der Waals surface area contributed by atoms with E-state index in [2.05, 4.69) is 5.32 Å². The number of nitrogens with one attached hydrogen (secondary N) is 1. The molecule has 1 aromatic carbocycles. The number of carbonyl (C=O) groups excluding carboxylic acids is 1. The molecule has 2 rings (SSSR count). The quantitative estimate of drug-likeness (QED) is 0.876. The number of hydrogen-bond acceptors (Lipinski definition) is 4. The van der Waals surface area contributed by atoms with Gasteiger partial charge in [0.15, 0.2) is 0 Å². The molecule has 6 nitrogen and oxygen atoms in total. The summed E-state index contributed by atoms with van der Waals surface area (Å²) in [5.41, 5.74) is 7.81. The molecule has 1 aromatic rings. The van der Waals surface area contributed by atoms with Crippen LogP contribution in [-0.4, -0.2) is 32.7 Å². The number of sulfonamides is 1. The molecule has 2 unspecified atom stereocenters. The molecule has 22 heavy (non-hydrogen) atoms. The lowest BCUT2D eigenvalue weighted by atomic mass is 10.0. The van der Waals surface area contributed by atoms with Gasteiger partial charge in [-0.3, -0.25) is 9.10 Å². The van der Waals surface area contributed by atoms with Gasteiger partial charge in [0.25, 0.3) is 0 Å². The number of nitrogens with two attached hydrogens (primary N) is 1. The Morgan fingerprint density at radius 1 is 1.36 bits per heavy atom. The van der Waals surface area contributed by atoms with Crippen LogP contribution in [0.3, 0.4) is 0 Å². The van der Waals surface area contributed by atoms with Crippen LogP contribution in [0.5, 0.6) is 0 Å². The highest BCUT2D eigenvalue weighted by Crippen LogP contribution is 2.30. The fourth-order valence-electron chi connectivity index (χ4n) is 2.36. The molecule has 7 heteroatoms. The van der Waals surface area contributed by atoms with E-state index in [0.717, 1.165) is 5.56 Å². The molecule has 1 fully saturated rings. The average molecular weight is 325 g/mol. The van der Waals surface area contributed by atoms with Crippen molar-refractivity contribution in [1.82, 2.24) is 0 Å². The first-order valence-corrected chi connectivity index (χ1v) is 9.01. The second-order valence-electron chi connectivity index (χ2n) is 5.88. The zero-order valence-electron chi connectivity index (χ0n) is 13.2. The monoisotopic (exact) mass is 325 g/mol. The summed E-state index contributed by atoms with van der Waals surface area (Å²) in [6.45, 7) is 5.89. The van der Waals surface area contributed by atoms with E-state index in [1.54, 1.807) is 26.0 Å². The second kappa shape index (κ2) is 6.26. The van der Waals surface area contributed by atoms with Crippen molar-refractivity contribution in [2.24, 2.45) is 11.7 Å². The third-order valence-electron chi connectivity index (χ3n) is 4.05. The van der Waals surface area contributed by atoms with Crippen LogP contribution >= 0.6 is 0 Å². The van der Waals surface area contributed by atoms with Crippen molar-refractivity contribution in [3.8, 4) is 0 Å². The average Bonchev–Trinajstić information content (AvgIpc) is 2.79. The molecule has 0 aromatic heterocycles. The predicted octanol–water partition coefficient (Wildman–Crippen LogP) is 1.46. The lowest BCUT2D eigenvalue weighted by Gasteiger charge is -2.21. The van der Waals surface area contributed by atoms with Gasteiger partial charge in [0, 0.05) is 18.3 Å².